The average molecular weight is 411 g/mol. The maximum absolute atomic E-state index is 12.8. The molecule has 7 heteroatoms. The largest absolute Gasteiger partial charge is 0.455 e. The van der Waals surface area contributed by atoms with Gasteiger partial charge in [0.2, 0.25) is 0 Å². The van der Waals surface area contributed by atoms with Gasteiger partial charge >= 0.3 is 5.97 Å². The van der Waals surface area contributed by atoms with Gasteiger partial charge < -0.3 is 4.74 Å². The van der Waals surface area contributed by atoms with Gasteiger partial charge in [0.1, 0.15) is 0 Å². The normalized spacial score (nSPS) is 16.1. The Bertz CT molecular complexity index is 967. The Morgan fingerprint density at radius 2 is 1.82 bits per heavy atom. The van der Waals surface area contributed by atoms with Crippen molar-refractivity contribution in [3.8, 4) is 0 Å². The van der Waals surface area contributed by atoms with Gasteiger partial charge in [-0.3, -0.25) is 9.59 Å². The molecule has 0 spiro atoms. The number of esters is 1. The lowest BCUT2D eigenvalue weighted by molar-refractivity contribution is -0.152. The van der Waals surface area contributed by atoms with E-state index in [2.05, 4.69) is 5.10 Å². The van der Waals surface area contributed by atoms with Crippen molar-refractivity contribution in [2.75, 3.05) is 6.61 Å². The molecule has 0 radical (unpaired) electrons. The highest BCUT2D eigenvalue weighted by Gasteiger charge is 2.34. The van der Waals surface area contributed by atoms with E-state index in [1.165, 1.54) is 5.01 Å². The summed E-state index contributed by atoms with van der Waals surface area (Å²) in [6.45, 7) is -0.311. The smallest absolute Gasteiger partial charge is 0.310 e. The molecular formula is C21H18N2O3S2. The predicted octanol–water partition coefficient (Wildman–Crippen LogP) is 4.27. The van der Waals surface area contributed by atoms with Crippen LogP contribution in [-0.2, 0) is 20.7 Å². The first-order chi connectivity index (χ1) is 13.7. The summed E-state index contributed by atoms with van der Waals surface area (Å²) < 4.78 is 5.22. The van der Waals surface area contributed by atoms with Gasteiger partial charge in [-0.1, -0.05) is 42.5 Å². The summed E-state index contributed by atoms with van der Waals surface area (Å²) in [6.07, 6.45) is 0.802. The molecule has 0 N–H and O–H groups in total. The van der Waals surface area contributed by atoms with Crippen molar-refractivity contribution >= 4 is 40.3 Å². The number of hydrogen-bond acceptors (Lipinski definition) is 6. The first-order valence-corrected chi connectivity index (χ1v) is 10.6. The van der Waals surface area contributed by atoms with Gasteiger partial charge in [0, 0.05) is 11.3 Å². The van der Waals surface area contributed by atoms with E-state index < -0.39 is 5.97 Å². The quantitative estimate of drug-likeness (QED) is 0.570. The van der Waals surface area contributed by atoms with Crippen molar-refractivity contribution in [1.82, 2.24) is 5.01 Å². The summed E-state index contributed by atoms with van der Waals surface area (Å²) in [4.78, 5) is 27.0. The molecule has 3 aromatic rings. The van der Waals surface area contributed by atoms with Gasteiger partial charge in [0.15, 0.2) is 6.61 Å². The fourth-order valence-electron chi connectivity index (χ4n) is 3.06. The van der Waals surface area contributed by atoms with Crippen LogP contribution in [0.15, 0.2) is 70.5 Å². The summed E-state index contributed by atoms with van der Waals surface area (Å²) in [5, 5.41) is 10.0. The zero-order valence-corrected chi connectivity index (χ0v) is 16.6. The minimum Gasteiger partial charge on any atom is -0.455 e. The molecule has 28 heavy (non-hydrogen) atoms. The lowest BCUT2D eigenvalue weighted by Gasteiger charge is -2.20. The first kappa shape index (κ1) is 18.6. The second-order valence-electron chi connectivity index (χ2n) is 6.32. The van der Waals surface area contributed by atoms with Crippen LogP contribution in [0.25, 0.3) is 0 Å². The second kappa shape index (κ2) is 8.50. The Balaban J connectivity index is 1.43. The number of rotatable bonds is 6. The van der Waals surface area contributed by atoms with Crippen LogP contribution in [0.1, 0.15) is 27.8 Å². The number of amides is 1. The summed E-state index contributed by atoms with van der Waals surface area (Å²) in [5.41, 5.74) is 1.74. The van der Waals surface area contributed by atoms with Crippen molar-refractivity contribution < 1.29 is 14.3 Å². The maximum Gasteiger partial charge on any atom is 0.310 e. The lowest BCUT2D eigenvalue weighted by atomic mass is 10.1. The van der Waals surface area contributed by atoms with E-state index in [9.17, 15) is 9.59 Å². The van der Waals surface area contributed by atoms with Crippen LogP contribution >= 0.6 is 22.7 Å². The molecule has 3 heterocycles. The minimum atomic E-state index is -0.422. The van der Waals surface area contributed by atoms with Crippen LogP contribution in [0, 0.1) is 0 Å². The fourth-order valence-corrected chi connectivity index (χ4v) is 4.59. The van der Waals surface area contributed by atoms with Crippen molar-refractivity contribution in [3.05, 3.63) is 80.7 Å². The lowest BCUT2D eigenvalue weighted by Crippen LogP contribution is -2.31. The molecule has 1 unspecified atom stereocenters. The zero-order valence-electron chi connectivity index (χ0n) is 15.0. The van der Waals surface area contributed by atoms with Gasteiger partial charge in [-0.05, 0) is 28.5 Å². The van der Waals surface area contributed by atoms with Crippen molar-refractivity contribution in [2.45, 2.75) is 18.9 Å². The summed E-state index contributed by atoms with van der Waals surface area (Å²) in [7, 11) is 0. The van der Waals surface area contributed by atoms with Crippen LogP contribution in [0.4, 0.5) is 0 Å². The topological polar surface area (TPSA) is 59.0 Å². The molecule has 1 aliphatic rings. The minimum absolute atomic E-state index is 0.145. The molecular weight excluding hydrogens is 392 g/mol. The van der Waals surface area contributed by atoms with Crippen molar-refractivity contribution in [2.24, 2.45) is 5.10 Å². The van der Waals surface area contributed by atoms with Crippen LogP contribution in [0.5, 0.6) is 0 Å². The van der Waals surface area contributed by atoms with Crippen LogP contribution in [-0.4, -0.2) is 29.2 Å². The molecule has 1 aromatic carbocycles. The van der Waals surface area contributed by atoms with E-state index in [1.54, 1.807) is 22.7 Å². The highest BCUT2D eigenvalue weighted by Crippen LogP contribution is 2.35. The number of hydrazone groups is 1. The number of ether oxygens (including phenoxy) is 1. The van der Waals surface area contributed by atoms with Gasteiger partial charge in [-0.2, -0.15) is 5.10 Å². The molecule has 0 saturated carbocycles. The van der Waals surface area contributed by atoms with Crippen LogP contribution in [0.3, 0.4) is 0 Å². The van der Waals surface area contributed by atoms with Gasteiger partial charge in [-0.25, -0.2) is 5.01 Å². The Morgan fingerprint density at radius 3 is 2.54 bits per heavy atom. The highest BCUT2D eigenvalue weighted by molar-refractivity contribution is 7.12. The molecule has 5 nitrogen and oxygen atoms in total. The third kappa shape index (κ3) is 4.21. The van der Waals surface area contributed by atoms with Gasteiger partial charge in [-0.15, -0.1) is 22.7 Å². The van der Waals surface area contributed by atoms with Crippen molar-refractivity contribution in [3.63, 3.8) is 0 Å². The van der Waals surface area contributed by atoms with Crippen LogP contribution in [0.2, 0.25) is 0 Å². The number of hydrogen-bond donors (Lipinski definition) is 0. The zero-order chi connectivity index (χ0) is 19.3. The van der Waals surface area contributed by atoms with E-state index >= 15 is 0 Å². The molecule has 2 aromatic heterocycles. The molecule has 0 aliphatic carbocycles. The molecule has 142 valence electrons. The number of nitrogens with zero attached hydrogens (tertiary/aromatic N) is 2. The second-order valence-corrected chi connectivity index (χ2v) is 8.25. The van der Waals surface area contributed by atoms with Crippen molar-refractivity contribution in [1.29, 1.82) is 0 Å². The Labute approximate surface area is 170 Å². The fraction of sp³-hybridized carbons (Fsp3) is 0.190. The number of carbonyl (C=O) groups is 2. The molecule has 1 atom stereocenters. The molecule has 0 bridgehead atoms. The molecule has 0 fully saturated rings. The van der Waals surface area contributed by atoms with E-state index in [-0.39, 0.29) is 25.0 Å². The van der Waals surface area contributed by atoms with E-state index in [1.807, 2.05) is 65.4 Å². The average Bonchev–Trinajstić information content (AvgIpc) is 3.47. The summed E-state index contributed by atoms with van der Waals surface area (Å²) >= 11 is 3.20. The third-order valence-electron chi connectivity index (χ3n) is 4.39. The molecule has 1 aliphatic heterocycles. The number of carbonyl (C=O) groups excluding carboxylic acids is 2. The van der Waals surface area contributed by atoms with Gasteiger partial charge in [0.25, 0.3) is 5.91 Å². The predicted molar refractivity (Wildman–Crippen MR) is 110 cm³/mol. The first-order valence-electron chi connectivity index (χ1n) is 8.87. The monoisotopic (exact) mass is 410 g/mol. The Hall–Kier alpha value is -2.77. The highest BCUT2D eigenvalue weighted by atomic mass is 32.1. The summed E-state index contributed by atoms with van der Waals surface area (Å²) in [5.74, 6) is -0.736. The maximum atomic E-state index is 12.8. The van der Waals surface area contributed by atoms with Crippen LogP contribution < -0.4 is 0 Å². The third-order valence-corrected chi connectivity index (χ3v) is 6.28. The number of thiophene rings is 2. The molecule has 0 saturated heterocycles. The summed E-state index contributed by atoms with van der Waals surface area (Å²) in [6, 6.07) is 17.1. The number of benzene rings is 1. The molecule has 1 amide bonds. The molecule has 4 rings (SSSR count). The Morgan fingerprint density at radius 1 is 1.04 bits per heavy atom. The Kier molecular flexibility index (Phi) is 5.64. The van der Waals surface area contributed by atoms with E-state index in [4.69, 9.17) is 4.74 Å². The van der Waals surface area contributed by atoms with Gasteiger partial charge in [0.05, 0.1) is 23.1 Å². The van der Waals surface area contributed by atoms with E-state index in [0.717, 1.165) is 21.0 Å². The SMILES string of the molecule is O=C(Cc1ccccc1)OCC(=O)N1N=C(c2cccs2)CC1c1cccs1. The standard InChI is InChI=1S/C21H18N2O3S2/c24-20(14-26-21(25)12-15-6-2-1-3-7-15)23-17(19-9-5-11-28-19)13-16(22-23)18-8-4-10-27-18/h1-11,17H,12-14H2. The van der Waals surface area contributed by atoms with E-state index in [0.29, 0.717) is 6.42 Å².